The van der Waals surface area contributed by atoms with Gasteiger partial charge in [-0.15, -0.1) is 0 Å². The van der Waals surface area contributed by atoms with Crippen molar-refractivity contribution in [1.29, 1.82) is 0 Å². The van der Waals surface area contributed by atoms with Crippen LogP contribution in [0.5, 0.6) is 0 Å². The van der Waals surface area contributed by atoms with E-state index in [1.807, 2.05) is 0 Å². The van der Waals surface area contributed by atoms with Gasteiger partial charge in [0, 0.05) is 18.9 Å². The van der Waals surface area contributed by atoms with Crippen LogP contribution in [0.15, 0.2) is 0 Å². The molecule has 16 heavy (non-hydrogen) atoms. The number of likely N-dealkylation sites (N-methyl/N-ethyl adjacent to an activating group) is 1. The number of aromatic amines is 1. The summed E-state index contributed by atoms with van der Waals surface area (Å²) in [6, 6.07) is 0. The number of aromatic nitrogens is 3. The van der Waals surface area contributed by atoms with Gasteiger partial charge in [0.25, 0.3) is 0 Å². The first-order valence-electron chi connectivity index (χ1n) is 6.02. The van der Waals surface area contributed by atoms with E-state index in [2.05, 4.69) is 39.5 Å². The third kappa shape index (κ3) is 3.02. The maximum atomic E-state index is 4.58. The molecule has 1 aromatic rings. The van der Waals surface area contributed by atoms with Crippen LogP contribution in [-0.4, -0.2) is 53.8 Å². The molecule has 1 saturated heterocycles. The number of piperidine rings is 1. The van der Waals surface area contributed by atoms with Crippen molar-refractivity contribution in [2.45, 2.75) is 25.2 Å². The molecule has 5 heteroatoms. The second-order valence-corrected chi connectivity index (χ2v) is 4.72. The molecule has 90 valence electrons. The van der Waals surface area contributed by atoms with Crippen LogP contribution in [0.2, 0.25) is 0 Å². The van der Waals surface area contributed by atoms with Crippen LogP contribution in [0, 0.1) is 0 Å². The summed E-state index contributed by atoms with van der Waals surface area (Å²) in [4.78, 5) is 6.74. The molecule has 0 spiro atoms. The molecule has 1 aromatic heterocycles. The maximum absolute atomic E-state index is 4.58. The molecule has 5 nitrogen and oxygen atoms in total. The summed E-state index contributed by atoms with van der Waals surface area (Å²) in [6.07, 6.45) is 3.26. The molecule has 1 aliphatic heterocycles. The van der Waals surface area contributed by atoms with Gasteiger partial charge in [0.15, 0.2) is 5.82 Å². The summed E-state index contributed by atoms with van der Waals surface area (Å²) in [5.74, 6) is 2.57. The van der Waals surface area contributed by atoms with Crippen LogP contribution in [0.1, 0.15) is 30.4 Å². The molecule has 2 rings (SSSR count). The molecular weight excluding hydrogens is 202 g/mol. The Morgan fingerprint density at radius 3 is 2.75 bits per heavy atom. The number of hydrogen-bond donors (Lipinski definition) is 2. The standard InChI is InChI=1S/C11H21N5/c1-16(2)8-5-10-13-11(15-14-10)9-3-6-12-7-4-9/h9,12H,3-8H2,1-2H3,(H,13,14,15). The van der Waals surface area contributed by atoms with Crippen molar-refractivity contribution in [3.05, 3.63) is 11.6 Å². The quantitative estimate of drug-likeness (QED) is 0.774. The van der Waals surface area contributed by atoms with Gasteiger partial charge in [-0.2, -0.15) is 5.10 Å². The molecule has 0 radical (unpaired) electrons. The number of nitrogens with zero attached hydrogens (tertiary/aromatic N) is 3. The van der Waals surface area contributed by atoms with Crippen LogP contribution >= 0.6 is 0 Å². The molecular formula is C11H21N5. The summed E-state index contributed by atoms with van der Waals surface area (Å²) >= 11 is 0. The highest BCUT2D eigenvalue weighted by atomic mass is 15.2. The first kappa shape index (κ1) is 11.5. The van der Waals surface area contributed by atoms with Crippen LogP contribution < -0.4 is 5.32 Å². The Morgan fingerprint density at radius 1 is 1.31 bits per heavy atom. The molecule has 0 aliphatic carbocycles. The minimum atomic E-state index is 0.547. The third-order valence-corrected chi connectivity index (χ3v) is 3.05. The van der Waals surface area contributed by atoms with Gasteiger partial charge in [-0.1, -0.05) is 0 Å². The van der Waals surface area contributed by atoms with Gasteiger partial charge in [0.1, 0.15) is 5.82 Å². The average molecular weight is 223 g/mol. The lowest BCUT2D eigenvalue weighted by Gasteiger charge is -2.19. The van der Waals surface area contributed by atoms with Crippen molar-refractivity contribution in [1.82, 2.24) is 25.4 Å². The van der Waals surface area contributed by atoms with E-state index < -0.39 is 0 Å². The SMILES string of the molecule is CN(C)CCc1nc(C2CCNCC2)n[nH]1. The summed E-state index contributed by atoms with van der Waals surface area (Å²) in [6.45, 7) is 3.19. The van der Waals surface area contributed by atoms with Crippen molar-refractivity contribution in [3.8, 4) is 0 Å². The van der Waals surface area contributed by atoms with Crippen molar-refractivity contribution in [3.63, 3.8) is 0 Å². The number of nitrogens with one attached hydrogen (secondary N) is 2. The summed E-state index contributed by atoms with van der Waals surface area (Å²) in [5, 5.41) is 10.7. The molecule has 0 atom stereocenters. The van der Waals surface area contributed by atoms with Crippen LogP contribution in [0.4, 0.5) is 0 Å². The molecule has 1 aliphatic rings. The van der Waals surface area contributed by atoms with Gasteiger partial charge in [0.2, 0.25) is 0 Å². The van der Waals surface area contributed by atoms with Gasteiger partial charge < -0.3 is 10.2 Å². The van der Waals surface area contributed by atoms with E-state index in [1.165, 1.54) is 0 Å². The molecule has 0 aromatic carbocycles. The largest absolute Gasteiger partial charge is 0.317 e. The van der Waals surface area contributed by atoms with Crippen molar-refractivity contribution in [2.75, 3.05) is 33.7 Å². The van der Waals surface area contributed by atoms with Crippen LogP contribution in [0.25, 0.3) is 0 Å². The Hall–Kier alpha value is -0.940. The maximum Gasteiger partial charge on any atom is 0.153 e. The number of rotatable bonds is 4. The summed E-state index contributed by atoms with van der Waals surface area (Å²) in [7, 11) is 4.15. The zero-order valence-corrected chi connectivity index (χ0v) is 10.2. The highest BCUT2D eigenvalue weighted by Gasteiger charge is 2.19. The van der Waals surface area contributed by atoms with E-state index in [-0.39, 0.29) is 0 Å². The summed E-state index contributed by atoms with van der Waals surface area (Å²) < 4.78 is 0. The van der Waals surface area contributed by atoms with E-state index >= 15 is 0 Å². The first-order valence-corrected chi connectivity index (χ1v) is 6.02. The zero-order valence-electron chi connectivity index (χ0n) is 10.2. The Labute approximate surface area is 96.6 Å². The van der Waals surface area contributed by atoms with E-state index in [1.54, 1.807) is 0 Å². The smallest absolute Gasteiger partial charge is 0.153 e. The minimum Gasteiger partial charge on any atom is -0.317 e. The first-order chi connectivity index (χ1) is 7.75. The molecule has 0 amide bonds. The number of H-pyrrole nitrogens is 1. The van der Waals surface area contributed by atoms with Gasteiger partial charge in [-0.05, 0) is 40.0 Å². The highest BCUT2D eigenvalue weighted by molar-refractivity contribution is 5.00. The molecule has 2 heterocycles. The van der Waals surface area contributed by atoms with Gasteiger partial charge in [-0.25, -0.2) is 4.98 Å². The second kappa shape index (κ2) is 5.41. The Morgan fingerprint density at radius 2 is 2.06 bits per heavy atom. The van der Waals surface area contributed by atoms with Crippen molar-refractivity contribution < 1.29 is 0 Å². The van der Waals surface area contributed by atoms with Crippen LogP contribution in [0.3, 0.4) is 0 Å². The Bertz CT molecular complexity index is 314. The fourth-order valence-corrected chi connectivity index (χ4v) is 2.01. The minimum absolute atomic E-state index is 0.547. The van der Waals surface area contributed by atoms with Crippen molar-refractivity contribution in [2.24, 2.45) is 0 Å². The molecule has 0 saturated carbocycles. The normalized spacial score (nSPS) is 18.2. The molecule has 0 bridgehead atoms. The van der Waals surface area contributed by atoms with E-state index in [4.69, 9.17) is 0 Å². The zero-order chi connectivity index (χ0) is 11.4. The summed E-state index contributed by atoms with van der Waals surface area (Å²) in [5.41, 5.74) is 0. The fraction of sp³-hybridized carbons (Fsp3) is 0.818. The third-order valence-electron chi connectivity index (χ3n) is 3.05. The Kier molecular flexibility index (Phi) is 3.90. The monoisotopic (exact) mass is 223 g/mol. The fourth-order valence-electron chi connectivity index (χ4n) is 2.01. The molecule has 2 N–H and O–H groups in total. The Balaban J connectivity index is 1.90. The molecule has 1 fully saturated rings. The van der Waals surface area contributed by atoms with Gasteiger partial charge >= 0.3 is 0 Å². The average Bonchev–Trinajstić information content (AvgIpc) is 2.76. The highest BCUT2D eigenvalue weighted by Crippen LogP contribution is 2.21. The van der Waals surface area contributed by atoms with E-state index in [9.17, 15) is 0 Å². The van der Waals surface area contributed by atoms with Gasteiger partial charge in [-0.3, -0.25) is 5.10 Å². The number of hydrogen-bond acceptors (Lipinski definition) is 4. The lowest BCUT2D eigenvalue weighted by Crippen LogP contribution is -2.27. The molecule has 0 unspecified atom stereocenters. The predicted molar refractivity (Wildman–Crippen MR) is 63.5 cm³/mol. The lowest BCUT2D eigenvalue weighted by atomic mass is 9.98. The van der Waals surface area contributed by atoms with E-state index in [0.717, 1.165) is 50.5 Å². The van der Waals surface area contributed by atoms with Crippen LogP contribution in [-0.2, 0) is 6.42 Å². The van der Waals surface area contributed by atoms with Gasteiger partial charge in [0.05, 0.1) is 0 Å². The lowest BCUT2D eigenvalue weighted by molar-refractivity contribution is 0.409. The second-order valence-electron chi connectivity index (χ2n) is 4.72. The van der Waals surface area contributed by atoms with Crippen molar-refractivity contribution >= 4 is 0 Å². The topological polar surface area (TPSA) is 56.8 Å². The van der Waals surface area contributed by atoms with E-state index in [0.29, 0.717) is 5.92 Å². The predicted octanol–water partition coefficient (Wildman–Crippen LogP) is 0.376.